The van der Waals surface area contributed by atoms with Gasteiger partial charge in [-0.25, -0.2) is 0 Å². The standard InChI is InChI=1S/C13H15ClO/c1-9-5-6-11(8-13(9)14)10-3-2-4-12(15)7-10/h5-8,12,15H,2-4H2,1H3. The summed E-state index contributed by atoms with van der Waals surface area (Å²) in [7, 11) is 0. The normalized spacial score (nSPS) is 21.3. The first-order valence-electron chi connectivity index (χ1n) is 5.32. The molecule has 1 atom stereocenters. The van der Waals surface area contributed by atoms with E-state index in [1.54, 1.807) is 0 Å². The SMILES string of the molecule is Cc1ccc(C2=CC(O)CCC2)cc1Cl. The number of aliphatic hydroxyl groups is 1. The molecule has 1 N–H and O–H groups in total. The quantitative estimate of drug-likeness (QED) is 0.770. The van der Waals surface area contributed by atoms with E-state index in [1.807, 2.05) is 25.1 Å². The van der Waals surface area contributed by atoms with Gasteiger partial charge >= 0.3 is 0 Å². The van der Waals surface area contributed by atoms with Crippen molar-refractivity contribution in [2.24, 2.45) is 0 Å². The van der Waals surface area contributed by atoms with Gasteiger partial charge in [-0.05, 0) is 49.0 Å². The number of aliphatic hydroxyl groups excluding tert-OH is 1. The fraction of sp³-hybridized carbons (Fsp3) is 0.385. The minimum absolute atomic E-state index is 0.283. The minimum atomic E-state index is -0.283. The van der Waals surface area contributed by atoms with Crippen LogP contribution in [0, 0.1) is 6.92 Å². The number of benzene rings is 1. The molecule has 1 nitrogen and oxygen atoms in total. The molecule has 0 amide bonds. The van der Waals surface area contributed by atoms with E-state index >= 15 is 0 Å². The second kappa shape index (κ2) is 4.38. The van der Waals surface area contributed by atoms with Crippen LogP contribution in [0.5, 0.6) is 0 Å². The first-order chi connectivity index (χ1) is 7.16. The third kappa shape index (κ3) is 2.42. The lowest BCUT2D eigenvalue weighted by molar-refractivity contribution is 0.206. The van der Waals surface area contributed by atoms with Crippen LogP contribution >= 0.6 is 11.6 Å². The number of hydrogen-bond acceptors (Lipinski definition) is 1. The molecule has 0 aromatic heterocycles. The summed E-state index contributed by atoms with van der Waals surface area (Å²) in [4.78, 5) is 0. The molecule has 0 saturated heterocycles. The van der Waals surface area contributed by atoms with Crippen molar-refractivity contribution in [1.82, 2.24) is 0 Å². The van der Waals surface area contributed by atoms with Crippen LogP contribution in [0.1, 0.15) is 30.4 Å². The lowest BCUT2D eigenvalue weighted by Gasteiger charge is -2.17. The van der Waals surface area contributed by atoms with E-state index in [1.165, 1.54) is 5.57 Å². The lowest BCUT2D eigenvalue weighted by atomic mass is 9.92. The summed E-state index contributed by atoms with van der Waals surface area (Å²) < 4.78 is 0. The molecule has 0 fully saturated rings. The predicted molar refractivity (Wildman–Crippen MR) is 64.0 cm³/mol. The Hall–Kier alpha value is -0.790. The van der Waals surface area contributed by atoms with Gasteiger partial charge in [-0.1, -0.05) is 29.8 Å². The Bertz CT molecular complexity index is 396. The molecule has 0 bridgehead atoms. The molecule has 1 aliphatic carbocycles. The molecule has 1 aliphatic rings. The van der Waals surface area contributed by atoms with Gasteiger partial charge in [0.1, 0.15) is 0 Å². The van der Waals surface area contributed by atoms with Crippen LogP contribution in [-0.4, -0.2) is 11.2 Å². The fourth-order valence-electron chi connectivity index (χ4n) is 1.93. The van der Waals surface area contributed by atoms with Crippen molar-refractivity contribution < 1.29 is 5.11 Å². The van der Waals surface area contributed by atoms with Crippen LogP contribution in [0.25, 0.3) is 5.57 Å². The zero-order valence-corrected chi connectivity index (χ0v) is 9.59. The van der Waals surface area contributed by atoms with Crippen molar-refractivity contribution in [3.63, 3.8) is 0 Å². The molecule has 1 aromatic carbocycles. The van der Waals surface area contributed by atoms with Crippen LogP contribution in [-0.2, 0) is 0 Å². The van der Waals surface area contributed by atoms with Gasteiger partial charge in [0.25, 0.3) is 0 Å². The number of hydrogen-bond donors (Lipinski definition) is 1. The van der Waals surface area contributed by atoms with Gasteiger partial charge in [-0.15, -0.1) is 0 Å². The van der Waals surface area contributed by atoms with Gasteiger partial charge < -0.3 is 5.11 Å². The first kappa shape index (κ1) is 10.7. The summed E-state index contributed by atoms with van der Waals surface area (Å²) in [5, 5.41) is 10.4. The topological polar surface area (TPSA) is 20.2 Å². The summed E-state index contributed by atoms with van der Waals surface area (Å²) in [6.45, 7) is 2.00. The summed E-state index contributed by atoms with van der Waals surface area (Å²) in [5.41, 5.74) is 3.46. The highest BCUT2D eigenvalue weighted by molar-refractivity contribution is 6.31. The van der Waals surface area contributed by atoms with Gasteiger partial charge in [0.05, 0.1) is 6.10 Å². The third-order valence-corrected chi connectivity index (χ3v) is 3.29. The highest BCUT2D eigenvalue weighted by Crippen LogP contribution is 2.29. The molecule has 80 valence electrons. The smallest absolute Gasteiger partial charge is 0.0726 e. The van der Waals surface area contributed by atoms with Crippen molar-refractivity contribution in [2.75, 3.05) is 0 Å². The molecule has 15 heavy (non-hydrogen) atoms. The molecule has 2 heteroatoms. The van der Waals surface area contributed by atoms with E-state index in [0.29, 0.717) is 0 Å². The summed E-state index contributed by atoms with van der Waals surface area (Å²) >= 11 is 6.08. The predicted octanol–water partition coefficient (Wildman–Crippen LogP) is 3.58. The largest absolute Gasteiger partial charge is 0.389 e. The zero-order chi connectivity index (χ0) is 10.8. The van der Waals surface area contributed by atoms with Crippen LogP contribution in [0.2, 0.25) is 5.02 Å². The van der Waals surface area contributed by atoms with Crippen molar-refractivity contribution in [3.8, 4) is 0 Å². The molecule has 1 unspecified atom stereocenters. The van der Waals surface area contributed by atoms with E-state index in [-0.39, 0.29) is 6.10 Å². The number of aryl methyl sites for hydroxylation is 1. The van der Waals surface area contributed by atoms with E-state index < -0.39 is 0 Å². The Balaban J connectivity index is 2.33. The van der Waals surface area contributed by atoms with E-state index in [0.717, 1.165) is 35.4 Å². The Labute approximate surface area is 95.4 Å². The maximum atomic E-state index is 9.56. The first-order valence-corrected chi connectivity index (χ1v) is 5.70. The number of halogens is 1. The van der Waals surface area contributed by atoms with Crippen LogP contribution in [0.4, 0.5) is 0 Å². The van der Waals surface area contributed by atoms with Crippen LogP contribution in [0.3, 0.4) is 0 Å². The monoisotopic (exact) mass is 222 g/mol. The maximum absolute atomic E-state index is 9.56. The molecule has 0 radical (unpaired) electrons. The fourth-order valence-corrected chi connectivity index (χ4v) is 2.11. The van der Waals surface area contributed by atoms with Gasteiger partial charge in [0.15, 0.2) is 0 Å². The van der Waals surface area contributed by atoms with E-state index in [2.05, 4.69) is 6.07 Å². The van der Waals surface area contributed by atoms with Gasteiger partial charge in [-0.3, -0.25) is 0 Å². The number of allylic oxidation sites excluding steroid dienone is 1. The molecular weight excluding hydrogens is 208 g/mol. The second-order valence-corrected chi connectivity index (χ2v) is 4.52. The van der Waals surface area contributed by atoms with Crippen LogP contribution < -0.4 is 0 Å². The second-order valence-electron chi connectivity index (χ2n) is 4.12. The van der Waals surface area contributed by atoms with Crippen molar-refractivity contribution in [3.05, 3.63) is 40.4 Å². The summed E-state index contributed by atoms with van der Waals surface area (Å²) in [6, 6.07) is 6.09. The highest BCUT2D eigenvalue weighted by atomic mass is 35.5. The van der Waals surface area contributed by atoms with E-state index in [9.17, 15) is 5.11 Å². The molecule has 0 heterocycles. The Kier molecular flexibility index (Phi) is 3.13. The summed E-state index contributed by atoms with van der Waals surface area (Å²) in [6.07, 6.45) is 4.64. The molecule has 0 aliphatic heterocycles. The third-order valence-electron chi connectivity index (χ3n) is 2.88. The molecule has 0 saturated carbocycles. The minimum Gasteiger partial charge on any atom is -0.389 e. The average molecular weight is 223 g/mol. The highest BCUT2D eigenvalue weighted by Gasteiger charge is 2.12. The summed E-state index contributed by atoms with van der Waals surface area (Å²) in [5.74, 6) is 0. The Morgan fingerprint density at radius 2 is 2.20 bits per heavy atom. The van der Waals surface area contributed by atoms with Gasteiger partial charge in [0.2, 0.25) is 0 Å². The van der Waals surface area contributed by atoms with Crippen molar-refractivity contribution >= 4 is 17.2 Å². The molecule has 0 spiro atoms. The van der Waals surface area contributed by atoms with E-state index in [4.69, 9.17) is 11.6 Å². The Morgan fingerprint density at radius 3 is 2.87 bits per heavy atom. The van der Waals surface area contributed by atoms with Crippen LogP contribution in [0.15, 0.2) is 24.3 Å². The number of rotatable bonds is 1. The molecule has 2 rings (SSSR count). The van der Waals surface area contributed by atoms with Gasteiger partial charge in [0, 0.05) is 5.02 Å². The average Bonchev–Trinajstić information content (AvgIpc) is 2.22. The lowest BCUT2D eigenvalue weighted by Crippen LogP contribution is -2.08. The molecular formula is C13H15ClO. The maximum Gasteiger partial charge on any atom is 0.0726 e. The molecule has 1 aromatic rings. The van der Waals surface area contributed by atoms with Crippen molar-refractivity contribution in [2.45, 2.75) is 32.3 Å². The van der Waals surface area contributed by atoms with Gasteiger partial charge in [-0.2, -0.15) is 0 Å². The zero-order valence-electron chi connectivity index (χ0n) is 8.83. The van der Waals surface area contributed by atoms with Crippen molar-refractivity contribution in [1.29, 1.82) is 0 Å². The Morgan fingerprint density at radius 1 is 1.40 bits per heavy atom.